The summed E-state index contributed by atoms with van der Waals surface area (Å²) < 4.78 is 0. The van der Waals surface area contributed by atoms with Crippen LogP contribution in [0.5, 0.6) is 0 Å². The molecule has 0 bridgehead atoms. The van der Waals surface area contributed by atoms with E-state index >= 15 is 0 Å². The van der Waals surface area contributed by atoms with Crippen LogP contribution in [0.2, 0.25) is 0 Å². The maximum atomic E-state index is 10.8. The number of carboxylic acid groups (broad SMARTS) is 1. The number of aromatic carboxylic acids is 1. The summed E-state index contributed by atoms with van der Waals surface area (Å²) in [6.45, 7) is 2.05. The Morgan fingerprint density at radius 2 is 2.05 bits per heavy atom. The highest BCUT2D eigenvalue weighted by molar-refractivity contribution is 5.85. The Morgan fingerprint density at radius 1 is 1.32 bits per heavy atom. The standard InChI is InChI=1S/C14H15N3O2/c1-2-11(10-6-4-3-5-7-10)16-13-9-15-8-12(17-13)14(18)19/h3-9,11H,2H2,1H3,(H,16,17)(H,18,19). The molecule has 1 unspecified atom stereocenters. The van der Waals surface area contributed by atoms with Gasteiger partial charge in [0.25, 0.3) is 0 Å². The molecule has 2 N–H and O–H groups in total. The zero-order valence-corrected chi connectivity index (χ0v) is 10.6. The summed E-state index contributed by atoms with van der Waals surface area (Å²) in [5, 5.41) is 12.1. The van der Waals surface area contributed by atoms with Crippen LogP contribution in [0.15, 0.2) is 42.7 Å². The fourth-order valence-electron chi connectivity index (χ4n) is 1.82. The van der Waals surface area contributed by atoms with Crippen LogP contribution in [0.4, 0.5) is 5.82 Å². The molecule has 1 aromatic carbocycles. The first-order valence-corrected chi connectivity index (χ1v) is 6.07. The number of hydrogen-bond acceptors (Lipinski definition) is 4. The molecule has 0 saturated carbocycles. The maximum Gasteiger partial charge on any atom is 0.356 e. The first-order valence-electron chi connectivity index (χ1n) is 6.07. The average Bonchev–Trinajstić information content (AvgIpc) is 2.46. The molecular weight excluding hydrogens is 242 g/mol. The minimum Gasteiger partial charge on any atom is -0.476 e. The second-order valence-electron chi connectivity index (χ2n) is 4.11. The Morgan fingerprint density at radius 3 is 2.68 bits per heavy atom. The van der Waals surface area contributed by atoms with Crippen LogP contribution in [0.25, 0.3) is 0 Å². The lowest BCUT2D eigenvalue weighted by molar-refractivity contribution is 0.0690. The smallest absolute Gasteiger partial charge is 0.356 e. The molecule has 1 atom stereocenters. The summed E-state index contributed by atoms with van der Waals surface area (Å²) in [4.78, 5) is 18.7. The van der Waals surface area contributed by atoms with Gasteiger partial charge in [0.15, 0.2) is 5.69 Å². The van der Waals surface area contributed by atoms with Gasteiger partial charge in [-0.15, -0.1) is 0 Å². The van der Waals surface area contributed by atoms with E-state index in [1.807, 2.05) is 30.3 Å². The molecule has 1 aromatic heterocycles. The van der Waals surface area contributed by atoms with Gasteiger partial charge in [0.05, 0.1) is 18.4 Å². The molecule has 2 aromatic rings. The number of carbonyl (C=O) groups is 1. The number of carboxylic acids is 1. The third-order valence-corrected chi connectivity index (χ3v) is 2.79. The molecule has 0 fully saturated rings. The normalized spacial score (nSPS) is 11.8. The van der Waals surface area contributed by atoms with Gasteiger partial charge in [0.2, 0.25) is 0 Å². The van der Waals surface area contributed by atoms with Crippen molar-refractivity contribution < 1.29 is 9.90 Å². The van der Waals surface area contributed by atoms with Gasteiger partial charge in [-0.2, -0.15) is 0 Å². The Bertz CT molecular complexity index is 558. The molecule has 5 heteroatoms. The van der Waals surface area contributed by atoms with Gasteiger partial charge < -0.3 is 10.4 Å². The Labute approximate surface area is 111 Å². The van der Waals surface area contributed by atoms with E-state index < -0.39 is 5.97 Å². The molecule has 2 rings (SSSR count). The molecular formula is C14H15N3O2. The van der Waals surface area contributed by atoms with E-state index in [0.717, 1.165) is 12.0 Å². The number of hydrogen-bond donors (Lipinski definition) is 2. The second-order valence-corrected chi connectivity index (χ2v) is 4.11. The third-order valence-electron chi connectivity index (χ3n) is 2.79. The molecule has 1 heterocycles. The predicted octanol–water partition coefficient (Wildman–Crippen LogP) is 2.74. The molecule has 0 aliphatic heterocycles. The lowest BCUT2D eigenvalue weighted by atomic mass is 10.1. The van der Waals surface area contributed by atoms with Gasteiger partial charge in [0, 0.05) is 0 Å². The summed E-state index contributed by atoms with van der Waals surface area (Å²) in [5.41, 5.74) is 1.07. The van der Waals surface area contributed by atoms with Gasteiger partial charge in [-0.3, -0.25) is 4.98 Å². The summed E-state index contributed by atoms with van der Waals surface area (Å²) in [6.07, 6.45) is 3.62. The van der Waals surface area contributed by atoms with Gasteiger partial charge in [-0.05, 0) is 12.0 Å². The number of benzene rings is 1. The van der Waals surface area contributed by atoms with Gasteiger partial charge in [-0.25, -0.2) is 9.78 Å². The summed E-state index contributed by atoms with van der Waals surface area (Å²) in [6, 6.07) is 10.0. The molecule has 0 spiro atoms. The fraction of sp³-hybridized carbons (Fsp3) is 0.214. The molecule has 0 radical (unpaired) electrons. The van der Waals surface area contributed by atoms with Crippen molar-refractivity contribution in [1.29, 1.82) is 0 Å². The van der Waals surface area contributed by atoms with Gasteiger partial charge >= 0.3 is 5.97 Å². The van der Waals surface area contributed by atoms with E-state index in [9.17, 15) is 4.79 Å². The maximum absolute atomic E-state index is 10.8. The van der Waals surface area contributed by atoms with Crippen molar-refractivity contribution in [3.8, 4) is 0 Å². The van der Waals surface area contributed by atoms with Crippen LogP contribution in [-0.2, 0) is 0 Å². The first kappa shape index (κ1) is 13.0. The lowest BCUT2D eigenvalue weighted by Crippen LogP contribution is -2.12. The van der Waals surface area contributed by atoms with Gasteiger partial charge in [0.1, 0.15) is 5.82 Å². The topological polar surface area (TPSA) is 75.1 Å². The van der Waals surface area contributed by atoms with E-state index in [4.69, 9.17) is 5.11 Å². The predicted molar refractivity (Wildman–Crippen MR) is 72.1 cm³/mol. The zero-order valence-electron chi connectivity index (χ0n) is 10.6. The molecule has 0 amide bonds. The molecule has 0 aliphatic carbocycles. The van der Waals surface area contributed by atoms with Crippen molar-refractivity contribution in [3.05, 3.63) is 54.0 Å². The van der Waals surface area contributed by atoms with Gasteiger partial charge in [-0.1, -0.05) is 37.3 Å². The van der Waals surface area contributed by atoms with Crippen molar-refractivity contribution in [2.45, 2.75) is 19.4 Å². The molecule has 98 valence electrons. The quantitative estimate of drug-likeness (QED) is 0.861. The Hall–Kier alpha value is -2.43. The number of rotatable bonds is 5. The van der Waals surface area contributed by atoms with Crippen LogP contribution >= 0.6 is 0 Å². The number of nitrogens with one attached hydrogen (secondary N) is 1. The summed E-state index contributed by atoms with van der Waals surface area (Å²) in [7, 11) is 0. The highest BCUT2D eigenvalue weighted by Crippen LogP contribution is 2.20. The highest BCUT2D eigenvalue weighted by Gasteiger charge is 2.11. The third kappa shape index (κ3) is 3.28. The van der Waals surface area contributed by atoms with E-state index in [2.05, 4.69) is 22.2 Å². The SMILES string of the molecule is CCC(Nc1cncc(C(=O)O)n1)c1ccccc1. The second kappa shape index (κ2) is 5.95. The zero-order chi connectivity index (χ0) is 13.7. The lowest BCUT2D eigenvalue weighted by Gasteiger charge is -2.17. The number of anilines is 1. The fourth-order valence-corrected chi connectivity index (χ4v) is 1.82. The van der Waals surface area contributed by atoms with E-state index in [0.29, 0.717) is 5.82 Å². The van der Waals surface area contributed by atoms with Crippen molar-refractivity contribution >= 4 is 11.8 Å². The minimum absolute atomic E-state index is 0.0621. The monoisotopic (exact) mass is 257 g/mol. The summed E-state index contributed by atoms with van der Waals surface area (Å²) in [5.74, 6) is -0.612. The average molecular weight is 257 g/mol. The Kier molecular flexibility index (Phi) is 4.07. The van der Waals surface area contributed by atoms with Crippen molar-refractivity contribution in [2.24, 2.45) is 0 Å². The molecule has 19 heavy (non-hydrogen) atoms. The molecule has 5 nitrogen and oxygen atoms in total. The number of nitrogens with zero attached hydrogens (tertiary/aromatic N) is 2. The molecule has 0 saturated heterocycles. The van der Waals surface area contributed by atoms with Crippen LogP contribution in [0, 0.1) is 0 Å². The van der Waals surface area contributed by atoms with Crippen LogP contribution in [0.3, 0.4) is 0 Å². The number of aromatic nitrogens is 2. The summed E-state index contributed by atoms with van der Waals surface area (Å²) >= 11 is 0. The van der Waals surface area contributed by atoms with E-state index in [-0.39, 0.29) is 11.7 Å². The largest absolute Gasteiger partial charge is 0.476 e. The van der Waals surface area contributed by atoms with Crippen LogP contribution < -0.4 is 5.32 Å². The van der Waals surface area contributed by atoms with Crippen LogP contribution in [-0.4, -0.2) is 21.0 Å². The van der Waals surface area contributed by atoms with Crippen LogP contribution in [0.1, 0.15) is 35.4 Å². The Balaban J connectivity index is 2.19. The highest BCUT2D eigenvalue weighted by atomic mass is 16.4. The molecule has 0 aliphatic rings. The van der Waals surface area contributed by atoms with E-state index in [1.165, 1.54) is 12.4 Å². The van der Waals surface area contributed by atoms with Crippen molar-refractivity contribution in [2.75, 3.05) is 5.32 Å². The minimum atomic E-state index is -1.08. The van der Waals surface area contributed by atoms with Crippen molar-refractivity contribution in [1.82, 2.24) is 9.97 Å². The van der Waals surface area contributed by atoms with Crippen molar-refractivity contribution in [3.63, 3.8) is 0 Å². The first-order chi connectivity index (χ1) is 9.20. The van der Waals surface area contributed by atoms with E-state index in [1.54, 1.807) is 0 Å².